The van der Waals surface area contributed by atoms with Crippen molar-refractivity contribution in [2.75, 3.05) is 0 Å². The van der Waals surface area contributed by atoms with E-state index in [4.69, 9.17) is 0 Å². The van der Waals surface area contributed by atoms with Crippen molar-refractivity contribution in [2.45, 2.75) is 83.2 Å². The van der Waals surface area contributed by atoms with Crippen LogP contribution in [-0.2, 0) is 4.79 Å². The second kappa shape index (κ2) is 7.64. The summed E-state index contributed by atoms with van der Waals surface area (Å²) in [6.07, 6.45) is 5.83. The number of carbonyl (C=O) groups excluding carboxylic acids is 1. The van der Waals surface area contributed by atoms with Crippen molar-refractivity contribution in [2.24, 2.45) is 17.8 Å². The molecule has 0 radical (unpaired) electrons. The van der Waals surface area contributed by atoms with Crippen LogP contribution in [-0.4, -0.2) is 12.0 Å². The Morgan fingerprint density at radius 1 is 0.857 bits per heavy atom. The number of hydrogen-bond acceptors (Lipinski definition) is 1. The van der Waals surface area contributed by atoms with E-state index in [1.807, 2.05) is 0 Å². The maximum Gasteiger partial charge on any atom is 0.389 e. The largest absolute Gasteiger partial charge is 0.389 e. The van der Waals surface area contributed by atoms with E-state index in [0.29, 0.717) is 18.1 Å². The summed E-state index contributed by atoms with van der Waals surface area (Å²) in [4.78, 5) is 11.3. The van der Waals surface area contributed by atoms with Crippen molar-refractivity contribution >= 4 is 5.78 Å². The molecular weight excluding hydrogens is 277 g/mol. The summed E-state index contributed by atoms with van der Waals surface area (Å²) < 4.78 is 36.2. The SMILES string of the molecule is O=C1CCC(C2CCC(CCCCC(F)(F)F)CC2)CC1. The van der Waals surface area contributed by atoms with Crippen LogP contribution in [0.25, 0.3) is 0 Å². The van der Waals surface area contributed by atoms with E-state index in [1.54, 1.807) is 0 Å². The van der Waals surface area contributed by atoms with Gasteiger partial charge in [-0.15, -0.1) is 0 Å². The highest BCUT2D eigenvalue weighted by Gasteiger charge is 2.30. The predicted octanol–water partition coefficient (Wildman–Crippen LogP) is 5.67. The minimum atomic E-state index is -3.99. The zero-order valence-corrected chi connectivity index (χ0v) is 12.8. The number of halogens is 3. The molecule has 21 heavy (non-hydrogen) atoms. The predicted molar refractivity (Wildman–Crippen MR) is 76.9 cm³/mol. The van der Waals surface area contributed by atoms with Gasteiger partial charge in [0.05, 0.1) is 0 Å². The summed E-state index contributed by atoms with van der Waals surface area (Å²) in [5.41, 5.74) is 0. The van der Waals surface area contributed by atoms with Crippen molar-refractivity contribution in [3.05, 3.63) is 0 Å². The van der Waals surface area contributed by atoms with Gasteiger partial charge < -0.3 is 0 Å². The third-order valence-electron chi connectivity index (χ3n) is 5.47. The fourth-order valence-corrected chi connectivity index (χ4v) is 4.14. The molecule has 0 spiro atoms. The van der Waals surface area contributed by atoms with Crippen LogP contribution >= 0.6 is 0 Å². The number of unbranched alkanes of at least 4 members (excludes halogenated alkanes) is 1. The van der Waals surface area contributed by atoms with Crippen molar-refractivity contribution in [3.8, 4) is 0 Å². The molecule has 2 saturated carbocycles. The molecule has 2 aliphatic rings. The smallest absolute Gasteiger partial charge is 0.300 e. The minimum Gasteiger partial charge on any atom is -0.300 e. The molecule has 0 bridgehead atoms. The first-order valence-corrected chi connectivity index (χ1v) is 8.52. The molecule has 0 atom stereocenters. The number of Topliss-reactive ketones (excluding diaryl/α,β-unsaturated/α-hetero) is 1. The van der Waals surface area contributed by atoms with Crippen molar-refractivity contribution in [3.63, 3.8) is 0 Å². The molecule has 0 N–H and O–H groups in total. The van der Waals surface area contributed by atoms with Gasteiger partial charge in [-0.05, 0) is 49.9 Å². The van der Waals surface area contributed by atoms with Crippen LogP contribution in [0.3, 0.4) is 0 Å². The van der Waals surface area contributed by atoms with Crippen LogP contribution < -0.4 is 0 Å². The van der Waals surface area contributed by atoms with Gasteiger partial charge in [-0.25, -0.2) is 0 Å². The Kier molecular flexibility index (Phi) is 6.12. The van der Waals surface area contributed by atoms with Crippen LogP contribution in [0.4, 0.5) is 13.2 Å². The van der Waals surface area contributed by atoms with Crippen LogP contribution in [0.1, 0.15) is 77.0 Å². The quantitative estimate of drug-likeness (QED) is 0.598. The Bertz CT molecular complexity index is 319. The van der Waals surface area contributed by atoms with Crippen LogP contribution in [0.5, 0.6) is 0 Å². The molecule has 0 aliphatic heterocycles. The zero-order valence-electron chi connectivity index (χ0n) is 12.8. The summed E-state index contributed by atoms with van der Waals surface area (Å²) in [5, 5.41) is 0. The minimum absolute atomic E-state index is 0.286. The van der Waals surface area contributed by atoms with Gasteiger partial charge in [-0.1, -0.05) is 25.7 Å². The third-order valence-corrected chi connectivity index (χ3v) is 5.47. The summed E-state index contributed by atoms with van der Waals surface area (Å²) in [7, 11) is 0. The van der Waals surface area contributed by atoms with Crippen LogP contribution in [0, 0.1) is 17.8 Å². The molecule has 122 valence electrons. The Morgan fingerprint density at radius 2 is 1.43 bits per heavy atom. The fraction of sp³-hybridized carbons (Fsp3) is 0.941. The number of rotatable bonds is 5. The summed E-state index contributed by atoms with van der Waals surface area (Å²) in [6, 6.07) is 0. The number of ketones is 1. The highest BCUT2D eigenvalue weighted by Crippen LogP contribution is 2.40. The first-order valence-electron chi connectivity index (χ1n) is 8.52. The molecule has 0 saturated heterocycles. The molecular formula is C17H27F3O. The Labute approximate surface area is 125 Å². The van der Waals surface area contributed by atoms with Gasteiger partial charge in [0.2, 0.25) is 0 Å². The maximum absolute atomic E-state index is 12.1. The monoisotopic (exact) mass is 304 g/mol. The number of hydrogen-bond donors (Lipinski definition) is 0. The first kappa shape index (κ1) is 16.8. The van der Waals surface area contributed by atoms with E-state index in [-0.39, 0.29) is 6.42 Å². The van der Waals surface area contributed by atoms with Gasteiger partial charge in [-0.2, -0.15) is 13.2 Å². The van der Waals surface area contributed by atoms with Gasteiger partial charge in [0.15, 0.2) is 0 Å². The summed E-state index contributed by atoms with van der Waals surface area (Å²) in [5.74, 6) is 2.56. The molecule has 0 aromatic carbocycles. The lowest BCUT2D eigenvalue weighted by atomic mass is 9.70. The first-order chi connectivity index (χ1) is 9.94. The lowest BCUT2D eigenvalue weighted by Gasteiger charge is -2.35. The second-order valence-electron chi connectivity index (χ2n) is 7.02. The topological polar surface area (TPSA) is 17.1 Å². The number of carbonyl (C=O) groups is 1. The molecule has 0 amide bonds. The molecule has 2 aliphatic carbocycles. The van der Waals surface area contributed by atoms with Crippen molar-refractivity contribution < 1.29 is 18.0 Å². The average molecular weight is 304 g/mol. The molecule has 1 nitrogen and oxygen atoms in total. The van der Waals surface area contributed by atoms with E-state index >= 15 is 0 Å². The molecule has 2 fully saturated rings. The fourth-order valence-electron chi connectivity index (χ4n) is 4.14. The Hall–Kier alpha value is -0.540. The molecule has 0 aromatic heterocycles. The third kappa shape index (κ3) is 5.99. The van der Waals surface area contributed by atoms with Crippen LogP contribution in [0.15, 0.2) is 0 Å². The molecule has 0 aromatic rings. The average Bonchev–Trinajstić information content (AvgIpc) is 2.44. The van der Waals surface area contributed by atoms with E-state index < -0.39 is 12.6 Å². The Morgan fingerprint density at radius 3 is 2.00 bits per heavy atom. The lowest BCUT2D eigenvalue weighted by Crippen LogP contribution is -2.25. The van der Waals surface area contributed by atoms with Gasteiger partial charge in [0.1, 0.15) is 5.78 Å². The Balaban J connectivity index is 1.59. The standard InChI is InChI=1S/C17H27F3O/c18-17(19,20)12-2-1-3-13-4-6-14(7-5-13)15-8-10-16(21)11-9-15/h13-15H,1-12H2. The normalized spacial score (nSPS) is 28.8. The zero-order chi connectivity index (χ0) is 15.3. The van der Waals surface area contributed by atoms with Gasteiger partial charge in [0.25, 0.3) is 0 Å². The van der Waals surface area contributed by atoms with Crippen molar-refractivity contribution in [1.29, 1.82) is 0 Å². The highest BCUT2D eigenvalue weighted by atomic mass is 19.4. The molecule has 4 heteroatoms. The van der Waals surface area contributed by atoms with Crippen LogP contribution in [0.2, 0.25) is 0 Å². The number of alkyl halides is 3. The van der Waals surface area contributed by atoms with Gasteiger partial charge in [0, 0.05) is 19.3 Å². The van der Waals surface area contributed by atoms with E-state index in [2.05, 4.69) is 0 Å². The lowest BCUT2D eigenvalue weighted by molar-refractivity contribution is -0.135. The van der Waals surface area contributed by atoms with Gasteiger partial charge >= 0.3 is 6.18 Å². The van der Waals surface area contributed by atoms with E-state index in [0.717, 1.165) is 43.9 Å². The molecule has 2 rings (SSSR count). The van der Waals surface area contributed by atoms with Gasteiger partial charge in [-0.3, -0.25) is 4.79 Å². The summed E-state index contributed by atoms with van der Waals surface area (Å²) in [6.45, 7) is 0. The van der Waals surface area contributed by atoms with E-state index in [9.17, 15) is 18.0 Å². The molecule has 0 heterocycles. The second-order valence-corrected chi connectivity index (χ2v) is 7.02. The van der Waals surface area contributed by atoms with E-state index in [1.165, 1.54) is 25.7 Å². The van der Waals surface area contributed by atoms with Crippen molar-refractivity contribution in [1.82, 2.24) is 0 Å². The maximum atomic E-state index is 12.1. The highest BCUT2D eigenvalue weighted by molar-refractivity contribution is 5.79. The summed E-state index contributed by atoms with van der Waals surface area (Å²) >= 11 is 0. The molecule has 0 unspecified atom stereocenters.